The summed E-state index contributed by atoms with van der Waals surface area (Å²) < 4.78 is 22.8. The third kappa shape index (κ3) is 1.42. The van der Waals surface area contributed by atoms with Crippen LogP contribution in [-0.2, 0) is 14.8 Å². The summed E-state index contributed by atoms with van der Waals surface area (Å²) in [4.78, 5) is 11.5. The molecular formula is C8H16N2O3S. The van der Waals surface area contributed by atoms with Gasteiger partial charge in [0.15, 0.2) is 4.75 Å². The van der Waals surface area contributed by atoms with Gasteiger partial charge >= 0.3 is 0 Å². The zero-order chi connectivity index (χ0) is 11.4. The molecule has 14 heavy (non-hydrogen) atoms. The van der Waals surface area contributed by atoms with E-state index in [0.29, 0.717) is 0 Å². The Morgan fingerprint density at radius 3 is 2.14 bits per heavy atom. The number of hydrogen-bond acceptors (Lipinski definition) is 4. The first kappa shape index (κ1) is 11.5. The predicted molar refractivity (Wildman–Crippen MR) is 53.0 cm³/mol. The zero-order valence-electron chi connectivity index (χ0n) is 8.86. The van der Waals surface area contributed by atoms with Crippen LogP contribution in [0.3, 0.4) is 0 Å². The molecule has 1 rings (SSSR count). The highest BCUT2D eigenvalue weighted by Gasteiger charge is 2.60. The first-order valence-electron chi connectivity index (χ1n) is 4.36. The van der Waals surface area contributed by atoms with Crippen molar-refractivity contribution >= 4 is 15.9 Å². The molecule has 0 aromatic carbocycles. The lowest BCUT2D eigenvalue weighted by molar-refractivity contribution is -0.132. The number of hydrogen-bond donors (Lipinski definition) is 1. The average molecular weight is 220 g/mol. The van der Waals surface area contributed by atoms with Gasteiger partial charge in [0.2, 0.25) is 0 Å². The Labute approximate surface area is 84.3 Å². The molecular weight excluding hydrogens is 204 g/mol. The first-order chi connectivity index (χ1) is 6.00. The van der Waals surface area contributed by atoms with E-state index < -0.39 is 20.3 Å². The summed E-state index contributed by atoms with van der Waals surface area (Å²) in [5, 5.41) is 0. The van der Waals surface area contributed by atoms with Gasteiger partial charge in [-0.05, 0) is 27.7 Å². The van der Waals surface area contributed by atoms with Gasteiger partial charge in [-0.25, -0.2) is 12.7 Å². The largest absolute Gasteiger partial charge is 0.324 e. The molecule has 1 aliphatic rings. The number of carbonyl (C=O) groups excluding carboxylic acids is 1. The molecule has 82 valence electrons. The van der Waals surface area contributed by atoms with Crippen LogP contribution in [0, 0.1) is 0 Å². The summed E-state index contributed by atoms with van der Waals surface area (Å²) in [5.74, 6) is -0.379. The summed E-state index contributed by atoms with van der Waals surface area (Å²) in [6.45, 7) is 6.22. The van der Waals surface area contributed by atoms with Gasteiger partial charge in [-0.15, -0.1) is 0 Å². The molecule has 1 fully saturated rings. The van der Waals surface area contributed by atoms with Crippen molar-refractivity contribution in [2.75, 3.05) is 6.54 Å². The molecule has 1 amide bonds. The lowest BCUT2D eigenvalue weighted by Crippen LogP contribution is -2.70. The van der Waals surface area contributed by atoms with Crippen LogP contribution in [0.1, 0.15) is 27.7 Å². The molecule has 0 bridgehead atoms. The second-order valence-corrected chi connectivity index (χ2v) is 7.23. The Balaban J connectivity index is 2.93. The third-order valence-electron chi connectivity index (χ3n) is 2.23. The number of sulfonamides is 1. The van der Waals surface area contributed by atoms with Crippen LogP contribution in [0.25, 0.3) is 0 Å². The minimum absolute atomic E-state index is 0.0393. The van der Waals surface area contributed by atoms with Gasteiger partial charge in [0.05, 0.1) is 6.54 Å². The van der Waals surface area contributed by atoms with E-state index in [4.69, 9.17) is 5.73 Å². The minimum atomic E-state index is -3.48. The van der Waals surface area contributed by atoms with Crippen LogP contribution in [0.5, 0.6) is 0 Å². The Morgan fingerprint density at radius 1 is 1.43 bits per heavy atom. The van der Waals surface area contributed by atoms with Crippen molar-refractivity contribution in [3.63, 3.8) is 0 Å². The van der Waals surface area contributed by atoms with Gasteiger partial charge in [-0.2, -0.15) is 0 Å². The van der Waals surface area contributed by atoms with E-state index in [1.165, 1.54) is 13.8 Å². The van der Waals surface area contributed by atoms with Gasteiger partial charge in [-0.3, -0.25) is 4.79 Å². The Kier molecular flexibility index (Phi) is 2.21. The van der Waals surface area contributed by atoms with E-state index in [-0.39, 0.29) is 12.5 Å². The lowest BCUT2D eigenvalue weighted by Gasteiger charge is -2.45. The number of nitrogens with zero attached hydrogens (tertiary/aromatic N) is 1. The lowest BCUT2D eigenvalue weighted by atomic mass is 10.1. The van der Waals surface area contributed by atoms with Gasteiger partial charge in [0, 0.05) is 5.54 Å². The fraction of sp³-hybridized carbons (Fsp3) is 0.875. The molecule has 0 aromatic rings. The van der Waals surface area contributed by atoms with Crippen molar-refractivity contribution < 1.29 is 13.2 Å². The van der Waals surface area contributed by atoms with Crippen LogP contribution in [-0.4, -0.2) is 35.5 Å². The zero-order valence-corrected chi connectivity index (χ0v) is 9.68. The molecule has 0 radical (unpaired) electrons. The van der Waals surface area contributed by atoms with E-state index in [1.54, 1.807) is 13.8 Å². The average Bonchev–Trinajstić information content (AvgIpc) is 1.96. The van der Waals surface area contributed by atoms with Crippen molar-refractivity contribution in [2.45, 2.75) is 38.0 Å². The summed E-state index contributed by atoms with van der Waals surface area (Å²) in [6, 6.07) is 0. The first-order valence-corrected chi connectivity index (χ1v) is 5.80. The van der Waals surface area contributed by atoms with E-state index >= 15 is 0 Å². The Bertz CT molecular complexity index is 365. The van der Waals surface area contributed by atoms with Crippen molar-refractivity contribution in [3.05, 3.63) is 0 Å². The molecule has 0 unspecified atom stereocenters. The van der Waals surface area contributed by atoms with E-state index in [9.17, 15) is 13.2 Å². The highest BCUT2D eigenvalue weighted by Crippen LogP contribution is 2.35. The molecule has 1 aliphatic heterocycles. The van der Waals surface area contributed by atoms with E-state index in [1.807, 2.05) is 0 Å². The van der Waals surface area contributed by atoms with Gasteiger partial charge in [0.25, 0.3) is 15.9 Å². The smallest absolute Gasteiger partial charge is 0.258 e. The minimum Gasteiger partial charge on any atom is -0.324 e. The van der Waals surface area contributed by atoms with Crippen LogP contribution < -0.4 is 5.73 Å². The second-order valence-electron chi connectivity index (χ2n) is 4.82. The molecule has 0 saturated carbocycles. The molecule has 1 heterocycles. The summed E-state index contributed by atoms with van der Waals surface area (Å²) >= 11 is 0. The highest BCUT2D eigenvalue weighted by atomic mass is 32.2. The number of carbonyl (C=O) groups is 1. The monoisotopic (exact) mass is 220 g/mol. The summed E-state index contributed by atoms with van der Waals surface area (Å²) in [7, 11) is -3.48. The fourth-order valence-corrected chi connectivity index (χ4v) is 2.98. The Hall–Kier alpha value is -0.620. The standard InChI is InChI=1S/C8H16N2O3S/c1-7(2,9)5-10-6(11)8(3,4)14(10,12)13/h5,9H2,1-4H3. The van der Waals surface area contributed by atoms with E-state index in [2.05, 4.69) is 0 Å². The Morgan fingerprint density at radius 2 is 1.86 bits per heavy atom. The molecule has 1 saturated heterocycles. The third-order valence-corrected chi connectivity index (χ3v) is 4.57. The van der Waals surface area contributed by atoms with Crippen LogP contribution >= 0.6 is 0 Å². The van der Waals surface area contributed by atoms with Crippen LogP contribution in [0.15, 0.2) is 0 Å². The number of amides is 1. The summed E-state index contributed by atoms with van der Waals surface area (Å²) in [5.41, 5.74) is 4.96. The number of nitrogens with two attached hydrogens (primary N) is 1. The van der Waals surface area contributed by atoms with Crippen molar-refractivity contribution in [2.24, 2.45) is 5.73 Å². The SMILES string of the molecule is CC(C)(N)CN1C(=O)C(C)(C)S1(=O)=O. The van der Waals surface area contributed by atoms with Crippen molar-refractivity contribution in [1.82, 2.24) is 4.31 Å². The molecule has 2 N–H and O–H groups in total. The molecule has 0 atom stereocenters. The predicted octanol–water partition coefficient (Wildman–Crippen LogP) is -0.326. The van der Waals surface area contributed by atoms with Crippen molar-refractivity contribution in [1.29, 1.82) is 0 Å². The molecule has 6 heteroatoms. The van der Waals surface area contributed by atoms with Crippen molar-refractivity contribution in [3.8, 4) is 0 Å². The highest BCUT2D eigenvalue weighted by molar-refractivity contribution is 7.94. The van der Waals surface area contributed by atoms with Crippen LogP contribution in [0.4, 0.5) is 0 Å². The maximum atomic E-state index is 11.6. The quantitative estimate of drug-likeness (QED) is 0.691. The fourth-order valence-electron chi connectivity index (χ4n) is 1.28. The van der Waals surface area contributed by atoms with E-state index in [0.717, 1.165) is 4.31 Å². The maximum Gasteiger partial charge on any atom is 0.258 e. The topological polar surface area (TPSA) is 80.5 Å². The second kappa shape index (κ2) is 2.70. The van der Waals surface area contributed by atoms with Gasteiger partial charge in [0.1, 0.15) is 0 Å². The molecule has 0 spiro atoms. The summed E-state index contributed by atoms with van der Waals surface area (Å²) in [6.07, 6.45) is 0. The van der Waals surface area contributed by atoms with Gasteiger partial charge < -0.3 is 5.73 Å². The maximum absolute atomic E-state index is 11.6. The normalized spacial score (nSPS) is 24.6. The van der Waals surface area contributed by atoms with Crippen LogP contribution in [0.2, 0.25) is 0 Å². The molecule has 5 nitrogen and oxygen atoms in total. The number of rotatable bonds is 2. The molecule has 0 aliphatic carbocycles. The van der Waals surface area contributed by atoms with Gasteiger partial charge in [-0.1, -0.05) is 0 Å². The molecule has 0 aromatic heterocycles.